The first kappa shape index (κ1) is 20.0. The van der Waals surface area contributed by atoms with Crippen LogP contribution in [0.4, 0.5) is 0 Å². The summed E-state index contributed by atoms with van der Waals surface area (Å²) < 4.78 is 5.51. The molecule has 2 N–H and O–H groups in total. The third-order valence-electron chi connectivity index (χ3n) is 5.71. The molecule has 1 aromatic heterocycles. The number of hydrogen-bond donors (Lipinski definition) is 2. The molecule has 2 aliphatic rings. The second kappa shape index (κ2) is 8.97. The molecule has 0 aromatic carbocycles. The number of nitrogens with zero attached hydrogens (tertiary/aromatic N) is 2. The number of hydrogen-bond acceptors (Lipinski definition) is 5. The fourth-order valence-electron chi connectivity index (χ4n) is 4.36. The van der Waals surface area contributed by atoms with Gasteiger partial charge < -0.3 is 15.0 Å². The van der Waals surface area contributed by atoms with E-state index in [1.807, 2.05) is 0 Å². The van der Waals surface area contributed by atoms with Crippen LogP contribution in [0.15, 0.2) is 10.9 Å². The van der Waals surface area contributed by atoms with Crippen LogP contribution in [0.1, 0.15) is 62.1 Å². The van der Waals surface area contributed by atoms with E-state index >= 15 is 0 Å². The Balaban J connectivity index is 1.70. The van der Waals surface area contributed by atoms with Gasteiger partial charge in [0.05, 0.1) is 13.2 Å². The van der Waals surface area contributed by atoms with Crippen molar-refractivity contribution >= 4 is 5.91 Å². The summed E-state index contributed by atoms with van der Waals surface area (Å²) in [5, 5.41) is 3.08. The van der Waals surface area contributed by atoms with E-state index in [-0.39, 0.29) is 17.1 Å². The molecule has 1 aliphatic carbocycles. The Kier molecular flexibility index (Phi) is 6.65. The van der Waals surface area contributed by atoms with Gasteiger partial charge in [0.2, 0.25) is 0 Å². The average molecular weight is 377 g/mol. The van der Waals surface area contributed by atoms with Crippen molar-refractivity contribution in [3.63, 3.8) is 0 Å². The number of H-pyrrole nitrogens is 1. The second-order valence-corrected chi connectivity index (χ2v) is 8.26. The number of morpholine rings is 1. The summed E-state index contributed by atoms with van der Waals surface area (Å²) in [6.07, 6.45) is 6.54. The van der Waals surface area contributed by atoms with Crippen LogP contribution in [-0.2, 0) is 11.2 Å². The Morgan fingerprint density at radius 1 is 1.30 bits per heavy atom. The molecule has 1 amide bonds. The van der Waals surface area contributed by atoms with Gasteiger partial charge in [-0.2, -0.15) is 4.98 Å². The molecule has 0 bridgehead atoms. The van der Waals surface area contributed by atoms with Gasteiger partial charge in [0, 0.05) is 30.9 Å². The van der Waals surface area contributed by atoms with Gasteiger partial charge >= 0.3 is 5.69 Å². The highest BCUT2D eigenvalue weighted by Crippen LogP contribution is 2.33. The van der Waals surface area contributed by atoms with Crippen molar-refractivity contribution in [3.05, 3.63) is 27.9 Å². The first-order valence-corrected chi connectivity index (χ1v) is 10.2. The Morgan fingerprint density at radius 2 is 2.00 bits per heavy atom. The molecule has 150 valence electrons. The van der Waals surface area contributed by atoms with Crippen LogP contribution >= 0.6 is 0 Å². The van der Waals surface area contributed by atoms with Crippen molar-refractivity contribution in [2.24, 2.45) is 5.92 Å². The van der Waals surface area contributed by atoms with Gasteiger partial charge in [0.1, 0.15) is 5.69 Å². The van der Waals surface area contributed by atoms with Crippen molar-refractivity contribution in [2.75, 3.05) is 32.8 Å². The highest BCUT2D eigenvalue weighted by atomic mass is 16.5. The topological polar surface area (TPSA) is 87.3 Å². The Labute approximate surface area is 160 Å². The smallest absolute Gasteiger partial charge is 0.345 e. The number of rotatable bonds is 6. The standard InChI is InChI=1S/C20H32N4O3/c1-15(2)12-16-13-17(23-19(26)22-16)18(25)21-14-20(6-4-3-5-7-20)24-8-10-27-11-9-24/h13,15H,3-12,14H2,1-2H3,(H,21,25)(H,22,23,26). The van der Waals surface area contributed by atoms with Crippen LogP contribution in [0.2, 0.25) is 0 Å². The van der Waals surface area contributed by atoms with E-state index in [0.29, 0.717) is 12.5 Å². The molecule has 0 unspecified atom stereocenters. The molecule has 1 aliphatic heterocycles. The summed E-state index contributed by atoms with van der Waals surface area (Å²) in [5.74, 6) is 0.134. The van der Waals surface area contributed by atoms with Crippen molar-refractivity contribution in [2.45, 2.75) is 57.9 Å². The summed E-state index contributed by atoms with van der Waals surface area (Å²) >= 11 is 0. The van der Waals surface area contributed by atoms with E-state index in [1.54, 1.807) is 6.07 Å². The fraction of sp³-hybridized carbons (Fsp3) is 0.750. The summed E-state index contributed by atoms with van der Waals surface area (Å²) in [5.41, 5.74) is 0.511. The first-order valence-electron chi connectivity index (χ1n) is 10.2. The van der Waals surface area contributed by atoms with Gasteiger partial charge in [0.25, 0.3) is 5.91 Å². The Morgan fingerprint density at radius 3 is 2.67 bits per heavy atom. The zero-order valence-corrected chi connectivity index (χ0v) is 16.6. The number of nitrogens with one attached hydrogen (secondary N) is 2. The van der Waals surface area contributed by atoms with E-state index in [0.717, 1.165) is 51.3 Å². The fourth-order valence-corrected chi connectivity index (χ4v) is 4.36. The zero-order valence-electron chi connectivity index (χ0n) is 16.6. The third-order valence-corrected chi connectivity index (χ3v) is 5.71. The predicted molar refractivity (Wildman–Crippen MR) is 104 cm³/mol. The monoisotopic (exact) mass is 376 g/mol. The SMILES string of the molecule is CC(C)Cc1cc(C(=O)NCC2(N3CCOCC3)CCCCC2)nc(=O)[nH]1. The van der Waals surface area contributed by atoms with Crippen molar-refractivity contribution in [1.29, 1.82) is 0 Å². The summed E-state index contributed by atoms with van der Waals surface area (Å²) in [6, 6.07) is 1.71. The van der Waals surface area contributed by atoms with Gasteiger partial charge in [-0.25, -0.2) is 4.79 Å². The summed E-state index contributed by atoms with van der Waals surface area (Å²) in [6.45, 7) is 8.09. The second-order valence-electron chi connectivity index (χ2n) is 8.26. The van der Waals surface area contributed by atoms with Gasteiger partial charge in [-0.15, -0.1) is 0 Å². The number of aromatic amines is 1. The number of carbonyl (C=O) groups is 1. The van der Waals surface area contributed by atoms with Gasteiger partial charge in [-0.05, 0) is 31.2 Å². The normalized spacial score (nSPS) is 20.6. The average Bonchev–Trinajstić information content (AvgIpc) is 2.66. The molecule has 27 heavy (non-hydrogen) atoms. The Hall–Kier alpha value is -1.73. The van der Waals surface area contributed by atoms with Crippen molar-refractivity contribution < 1.29 is 9.53 Å². The third kappa shape index (κ3) is 5.17. The minimum atomic E-state index is -0.459. The van der Waals surface area contributed by atoms with Crippen LogP contribution in [-0.4, -0.2) is 59.2 Å². The highest BCUT2D eigenvalue weighted by molar-refractivity contribution is 5.92. The van der Waals surface area contributed by atoms with Gasteiger partial charge in [-0.3, -0.25) is 9.69 Å². The molecule has 7 nitrogen and oxygen atoms in total. The highest BCUT2D eigenvalue weighted by Gasteiger charge is 2.38. The van der Waals surface area contributed by atoms with Crippen molar-refractivity contribution in [3.8, 4) is 0 Å². The lowest BCUT2D eigenvalue weighted by molar-refractivity contribution is -0.0361. The molecule has 2 fully saturated rings. The number of amides is 1. The molecular formula is C20H32N4O3. The van der Waals surface area contributed by atoms with E-state index in [9.17, 15) is 9.59 Å². The van der Waals surface area contributed by atoms with Crippen LogP contribution < -0.4 is 11.0 Å². The predicted octanol–water partition coefficient (Wildman–Crippen LogP) is 1.73. The lowest BCUT2D eigenvalue weighted by atomic mass is 9.79. The van der Waals surface area contributed by atoms with Crippen LogP contribution in [0, 0.1) is 5.92 Å². The maximum atomic E-state index is 12.7. The largest absolute Gasteiger partial charge is 0.379 e. The molecule has 1 saturated heterocycles. The van der Waals surface area contributed by atoms with E-state index in [1.165, 1.54) is 19.3 Å². The summed E-state index contributed by atoms with van der Waals surface area (Å²) in [7, 11) is 0. The summed E-state index contributed by atoms with van der Waals surface area (Å²) in [4.78, 5) is 33.7. The molecule has 0 spiro atoms. The van der Waals surface area contributed by atoms with Crippen molar-refractivity contribution in [1.82, 2.24) is 20.2 Å². The van der Waals surface area contributed by atoms with Gasteiger partial charge in [-0.1, -0.05) is 33.1 Å². The first-order chi connectivity index (χ1) is 13.0. The minimum absolute atomic E-state index is 0.000345. The number of carbonyl (C=O) groups excluding carboxylic acids is 1. The maximum Gasteiger partial charge on any atom is 0.345 e. The van der Waals surface area contributed by atoms with Crippen LogP contribution in [0.5, 0.6) is 0 Å². The number of aromatic nitrogens is 2. The van der Waals surface area contributed by atoms with E-state index in [4.69, 9.17) is 4.74 Å². The Bertz CT molecular complexity index is 689. The molecule has 2 heterocycles. The molecule has 7 heteroatoms. The molecular weight excluding hydrogens is 344 g/mol. The molecule has 1 saturated carbocycles. The quantitative estimate of drug-likeness (QED) is 0.790. The zero-order chi connectivity index (χ0) is 19.3. The number of ether oxygens (including phenoxy) is 1. The van der Waals surface area contributed by atoms with Gasteiger partial charge in [0.15, 0.2) is 0 Å². The lowest BCUT2D eigenvalue weighted by Gasteiger charge is -2.48. The molecule has 3 rings (SSSR count). The van der Waals surface area contributed by atoms with E-state index in [2.05, 4.69) is 34.0 Å². The molecule has 0 radical (unpaired) electrons. The molecule has 1 aromatic rings. The maximum absolute atomic E-state index is 12.7. The lowest BCUT2D eigenvalue weighted by Crippen LogP contribution is -2.59. The van der Waals surface area contributed by atoms with Crippen LogP contribution in [0.25, 0.3) is 0 Å². The molecule has 0 atom stereocenters. The minimum Gasteiger partial charge on any atom is -0.379 e. The van der Waals surface area contributed by atoms with E-state index < -0.39 is 5.69 Å². The van der Waals surface area contributed by atoms with Crippen LogP contribution in [0.3, 0.4) is 0 Å².